The predicted octanol–water partition coefficient (Wildman–Crippen LogP) is 2.04. The van der Waals surface area contributed by atoms with Gasteiger partial charge >= 0.3 is 0 Å². The summed E-state index contributed by atoms with van der Waals surface area (Å²) in [7, 11) is 0.677. The Hall–Kier alpha value is 0.740. The third kappa shape index (κ3) is 1.60. The predicted molar refractivity (Wildman–Crippen MR) is 35.9 cm³/mol. The molecular formula is C4H9OPS. The quantitative estimate of drug-likeness (QED) is 0.471. The van der Waals surface area contributed by atoms with Crippen LogP contribution in [0.15, 0.2) is 0 Å². The molecule has 0 aromatic carbocycles. The van der Waals surface area contributed by atoms with Crippen LogP contribution in [0.25, 0.3) is 0 Å². The highest BCUT2D eigenvalue weighted by molar-refractivity contribution is 8.49. The SMILES string of the molecule is CC1(C)COPS1. The molecule has 1 rings (SSSR count). The maximum atomic E-state index is 5.15. The Balaban J connectivity index is 2.40. The smallest absolute Gasteiger partial charge is 0.0751 e. The Morgan fingerprint density at radius 3 is 2.57 bits per heavy atom. The summed E-state index contributed by atoms with van der Waals surface area (Å²) in [5, 5.41) is 0. The van der Waals surface area contributed by atoms with E-state index in [-0.39, 0.29) is 0 Å². The lowest BCUT2D eigenvalue weighted by Gasteiger charge is -2.09. The molecule has 1 heterocycles. The van der Waals surface area contributed by atoms with E-state index in [0.29, 0.717) is 12.8 Å². The molecule has 1 nitrogen and oxygen atoms in total. The van der Waals surface area contributed by atoms with Gasteiger partial charge in [0.05, 0.1) is 14.6 Å². The summed E-state index contributed by atoms with van der Waals surface area (Å²) in [5.74, 6) is 0. The molecule has 1 atom stereocenters. The summed E-state index contributed by atoms with van der Waals surface area (Å²) in [5.41, 5.74) is 0. The molecule has 0 aromatic rings. The standard InChI is InChI=1S/C4H9OPS/c1-4(2)3-5-6-7-4/h6H,3H2,1-2H3. The third-order valence-electron chi connectivity index (χ3n) is 0.797. The van der Waals surface area contributed by atoms with Crippen LogP contribution in [0.2, 0.25) is 0 Å². The summed E-state index contributed by atoms with van der Waals surface area (Å²) < 4.78 is 5.55. The van der Waals surface area contributed by atoms with Crippen LogP contribution in [0, 0.1) is 0 Å². The van der Waals surface area contributed by atoms with Gasteiger partial charge in [-0.25, -0.2) is 0 Å². The highest BCUT2D eigenvalue weighted by Crippen LogP contribution is 2.48. The van der Waals surface area contributed by atoms with Crippen LogP contribution in [-0.2, 0) is 4.52 Å². The van der Waals surface area contributed by atoms with Crippen LogP contribution < -0.4 is 0 Å². The molecule has 3 heteroatoms. The number of hydrogen-bond acceptors (Lipinski definition) is 2. The van der Waals surface area contributed by atoms with Crippen molar-refractivity contribution in [3.8, 4) is 0 Å². The molecule has 0 aliphatic carbocycles. The van der Waals surface area contributed by atoms with E-state index in [0.717, 1.165) is 6.61 Å². The number of hydrogen-bond donors (Lipinski definition) is 0. The molecule has 0 spiro atoms. The van der Waals surface area contributed by atoms with Crippen LogP contribution in [0.5, 0.6) is 0 Å². The van der Waals surface area contributed by atoms with E-state index in [4.69, 9.17) is 4.52 Å². The molecule has 0 bridgehead atoms. The molecule has 1 fully saturated rings. The molecule has 0 N–H and O–H groups in total. The molecule has 0 saturated carbocycles. The van der Waals surface area contributed by atoms with Gasteiger partial charge in [0.1, 0.15) is 0 Å². The molecule has 1 aliphatic rings. The van der Waals surface area contributed by atoms with E-state index < -0.39 is 0 Å². The third-order valence-corrected chi connectivity index (χ3v) is 4.07. The van der Waals surface area contributed by atoms with Crippen molar-refractivity contribution < 1.29 is 4.52 Å². The molecule has 0 radical (unpaired) electrons. The topological polar surface area (TPSA) is 9.23 Å². The first-order chi connectivity index (χ1) is 3.21. The largest absolute Gasteiger partial charge is 0.350 e. The zero-order valence-electron chi connectivity index (χ0n) is 4.52. The summed E-state index contributed by atoms with van der Waals surface area (Å²) in [6.45, 7) is 5.34. The Labute approximate surface area is 49.8 Å². The minimum Gasteiger partial charge on any atom is -0.350 e. The number of rotatable bonds is 0. The lowest BCUT2D eigenvalue weighted by atomic mass is 10.2. The molecule has 0 aromatic heterocycles. The molecule has 1 unspecified atom stereocenters. The van der Waals surface area contributed by atoms with Crippen molar-refractivity contribution in [1.82, 2.24) is 0 Å². The van der Waals surface area contributed by atoms with Gasteiger partial charge in [0.2, 0.25) is 0 Å². The van der Waals surface area contributed by atoms with Gasteiger partial charge in [-0.1, -0.05) is 0 Å². The molecule has 42 valence electrons. The maximum Gasteiger partial charge on any atom is 0.0751 e. The van der Waals surface area contributed by atoms with Crippen LogP contribution in [0.1, 0.15) is 13.8 Å². The second kappa shape index (κ2) is 1.93. The lowest BCUT2D eigenvalue weighted by molar-refractivity contribution is 0.344. The fraction of sp³-hybridized carbons (Fsp3) is 1.00. The summed E-state index contributed by atoms with van der Waals surface area (Å²) in [6.07, 6.45) is 0. The lowest BCUT2D eigenvalue weighted by Crippen LogP contribution is -2.13. The van der Waals surface area contributed by atoms with Gasteiger partial charge < -0.3 is 4.52 Å². The summed E-state index contributed by atoms with van der Waals surface area (Å²) in [6, 6.07) is 0. The summed E-state index contributed by atoms with van der Waals surface area (Å²) >= 11 is 1.91. The molecule has 7 heavy (non-hydrogen) atoms. The van der Waals surface area contributed by atoms with E-state index in [2.05, 4.69) is 13.8 Å². The van der Waals surface area contributed by atoms with Crippen molar-refractivity contribution >= 4 is 19.4 Å². The van der Waals surface area contributed by atoms with Gasteiger partial charge in [-0.15, -0.1) is 11.4 Å². The highest BCUT2D eigenvalue weighted by atomic mass is 32.7. The van der Waals surface area contributed by atoms with E-state index in [1.807, 2.05) is 11.4 Å². The average molecular weight is 136 g/mol. The minimum atomic E-state index is 0.401. The van der Waals surface area contributed by atoms with E-state index >= 15 is 0 Å². The van der Waals surface area contributed by atoms with Gasteiger partial charge in [0.15, 0.2) is 0 Å². The van der Waals surface area contributed by atoms with Crippen molar-refractivity contribution in [3.05, 3.63) is 0 Å². The van der Waals surface area contributed by atoms with Gasteiger partial charge in [-0.3, -0.25) is 0 Å². The summed E-state index contributed by atoms with van der Waals surface area (Å²) in [4.78, 5) is 0. The first-order valence-corrected chi connectivity index (χ1v) is 4.70. The van der Waals surface area contributed by atoms with E-state index in [1.165, 1.54) is 0 Å². The Kier molecular flexibility index (Phi) is 1.61. The Morgan fingerprint density at radius 1 is 1.71 bits per heavy atom. The second-order valence-corrected chi connectivity index (χ2v) is 5.11. The van der Waals surface area contributed by atoms with Crippen LogP contribution in [0.3, 0.4) is 0 Å². The fourth-order valence-corrected chi connectivity index (χ4v) is 2.51. The zero-order valence-corrected chi connectivity index (χ0v) is 6.34. The van der Waals surface area contributed by atoms with Gasteiger partial charge in [-0.05, 0) is 13.8 Å². The fourth-order valence-electron chi connectivity index (χ4n) is 0.375. The van der Waals surface area contributed by atoms with Crippen LogP contribution >= 0.6 is 19.4 Å². The molecule has 0 amide bonds. The van der Waals surface area contributed by atoms with Crippen molar-refractivity contribution in [2.24, 2.45) is 0 Å². The van der Waals surface area contributed by atoms with Crippen molar-refractivity contribution in [2.75, 3.05) is 6.61 Å². The minimum absolute atomic E-state index is 0.401. The van der Waals surface area contributed by atoms with Gasteiger partial charge in [-0.2, -0.15) is 0 Å². The van der Waals surface area contributed by atoms with Crippen LogP contribution in [0.4, 0.5) is 0 Å². The molecule has 1 aliphatic heterocycles. The van der Waals surface area contributed by atoms with Crippen molar-refractivity contribution in [3.63, 3.8) is 0 Å². The van der Waals surface area contributed by atoms with Crippen LogP contribution in [-0.4, -0.2) is 11.4 Å². The Bertz CT molecular complexity index is 66.1. The molecular weight excluding hydrogens is 127 g/mol. The first-order valence-electron chi connectivity index (χ1n) is 2.25. The highest BCUT2D eigenvalue weighted by Gasteiger charge is 2.24. The van der Waals surface area contributed by atoms with Crippen molar-refractivity contribution in [2.45, 2.75) is 18.6 Å². The van der Waals surface area contributed by atoms with Crippen molar-refractivity contribution in [1.29, 1.82) is 0 Å². The van der Waals surface area contributed by atoms with E-state index in [1.54, 1.807) is 0 Å². The van der Waals surface area contributed by atoms with E-state index in [9.17, 15) is 0 Å². The van der Waals surface area contributed by atoms with Gasteiger partial charge in [0.25, 0.3) is 0 Å². The average Bonchev–Trinajstić information content (AvgIpc) is 1.84. The van der Waals surface area contributed by atoms with Gasteiger partial charge in [0, 0.05) is 4.75 Å². The second-order valence-electron chi connectivity index (χ2n) is 2.23. The zero-order chi connectivity index (χ0) is 5.33. The maximum absolute atomic E-state index is 5.15. The normalized spacial score (nSPS) is 31.7. The Morgan fingerprint density at radius 2 is 2.43 bits per heavy atom. The monoisotopic (exact) mass is 136 g/mol. The first kappa shape index (κ1) is 5.87. The molecule has 1 saturated heterocycles.